The first kappa shape index (κ1) is 18.5. The van der Waals surface area contributed by atoms with Crippen LogP contribution in [-0.4, -0.2) is 19.2 Å². The van der Waals surface area contributed by atoms with Crippen LogP contribution in [0.15, 0.2) is 54.6 Å². The monoisotopic (exact) mass is 353 g/mol. The Bertz CT molecular complexity index is 754. The van der Waals surface area contributed by atoms with Crippen LogP contribution in [0.3, 0.4) is 0 Å². The summed E-state index contributed by atoms with van der Waals surface area (Å²) in [5.41, 5.74) is 0.344. The molecule has 7 heteroatoms. The number of carbonyl (C=O) groups excluding carboxylic acids is 1. The molecule has 1 atom stereocenters. The van der Waals surface area contributed by atoms with E-state index in [2.05, 4.69) is 0 Å². The highest BCUT2D eigenvalue weighted by Crippen LogP contribution is 2.32. The SMILES string of the molecule is COc1cccc(/C=C/C(=O)NC(c2ccc(F)cc2)C(F)(F)F)c1. The summed E-state index contributed by atoms with van der Waals surface area (Å²) in [5.74, 6) is -1.02. The van der Waals surface area contributed by atoms with Crippen molar-refractivity contribution in [3.63, 3.8) is 0 Å². The summed E-state index contributed by atoms with van der Waals surface area (Å²) in [4.78, 5) is 11.9. The van der Waals surface area contributed by atoms with Gasteiger partial charge in [0.2, 0.25) is 5.91 Å². The molecule has 1 N–H and O–H groups in total. The van der Waals surface area contributed by atoms with Crippen LogP contribution in [-0.2, 0) is 4.79 Å². The van der Waals surface area contributed by atoms with Crippen molar-refractivity contribution in [1.82, 2.24) is 5.32 Å². The molecule has 25 heavy (non-hydrogen) atoms. The Morgan fingerprint density at radius 1 is 1.16 bits per heavy atom. The number of hydrogen-bond acceptors (Lipinski definition) is 2. The average Bonchev–Trinajstić information content (AvgIpc) is 2.58. The molecule has 0 fully saturated rings. The van der Waals surface area contributed by atoms with Crippen LogP contribution in [0, 0.1) is 5.82 Å². The average molecular weight is 353 g/mol. The lowest BCUT2D eigenvalue weighted by atomic mass is 10.1. The van der Waals surface area contributed by atoms with E-state index >= 15 is 0 Å². The molecule has 0 bridgehead atoms. The van der Waals surface area contributed by atoms with Gasteiger partial charge in [-0.15, -0.1) is 0 Å². The molecule has 132 valence electrons. The van der Waals surface area contributed by atoms with Crippen LogP contribution in [0.4, 0.5) is 17.6 Å². The van der Waals surface area contributed by atoms with Crippen molar-refractivity contribution in [3.8, 4) is 5.75 Å². The molecule has 0 aliphatic carbocycles. The molecule has 2 rings (SSSR count). The first-order valence-electron chi connectivity index (χ1n) is 7.24. The zero-order valence-electron chi connectivity index (χ0n) is 13.2. The van der Waals surface area contributed by atoms with E-state index in [1.165, 1.54) is 13.2 Å². The quantitative estimate of drug-likeness (QED) is 0.644. The lowest BCUT2D eigenvalue weighted by Crippen LogP contribution is -2.37. The number of benzene rings is 2. The number of halogens is 4. The maximum atomic E-state index is 13.2. The summed E-state index contributed by atoms with van der Waals surface area (Å²) >= 11 is 0. The second-order valence-corrected chi connectivity index (χ2v) is 5.14. The molecule has 1 amide bonds. The largest absolute Gasteiger partial charge is 0.497 e. The van der Waals surface area contributed by atoms with Crippen LogP contribution in [0.2, 0.25) is 0 Å². The number of alkyl halides is 3. The molecule has 3 nitrogen and oxygen atoms in total. The molecule has 0 aromatic heterocycles. The first-order valence-corrected chi connectivity index (χ1v) is 7.24. The van der Waals surface area contributed by atoms with Crippen LogP contribution >= 0.6 is 0 Å². The number of amides is 1. The fourth-order valence-corrected chi connectivity index (χ4v) is 2.12. The summed E-state index contributed by atoms with van der Waals surface area (Å²) in [5, 5.41) is 1.89. The minimum atomic E-state index is -4.71. The van der Waals surface area contributed by atoms with E-state index < -0.39 is 23.9 Å². The summed E-state index contributed by atoms with van der Waals surface area (Å²) in [6.07, 6.45) is -2.34. The van der Waals surface area contributed by atoms with Crippen molar-refractivity contribution in [3.05, 3.63) is 71.6 Å². The molecular weight excluding hydrogens is 338 g/mol. The molecule has 0 aliphatic heterocycles. The normalized spacial score (nSPS) is 12.8. The highest BCUT2D eigenvalue weighted by atomic mass is 19.4. The van der Waals surface area contributed by atoms with Gasteiger partial charge in [-0.2, -0.15) is 13.2 Å². The van der Waals surface area contributed by atoms with Gasteiger partial charge < -0.3 is 10.1 Å². The van der Waals surface area contributed by atoms with E-state index in [0.717, 1.165) is 30.3 Å². The second-order valence-electron chi connectivity index (χ2n) is 5.14. The topological polar surface area (TPSA) is 38.3 Å². The first-order chi connectivity index (χ1) is 11.8. The lowest BCUT2D eigenvalue weighted by molar-refractivity contribution is -0.162. The number of nitrogens with one attached hydrogen (secondary N) is 1. The third-order valence-corrected chi connectivity index (χ3v) is 3.34. The van der Waals surface area contributed by atoms with Crippen LogP contribution in [0.25, 0.3) is 6.08 Å². The molecule has 0 heterocycles. The molecule has 0 spiro atoms. The number of ether oxygens (including phenoxy) is 1. The van der Waals surface area contributed by atoms with Gasteiger partial charge in [-0.05, 0) is 41.5 Å². The zero-order valence-corrected chi connectivity index (χ0v) is 13.2. The Morgan fingerprint density at radius 3 is 2.44 bits per heavy atom. The Hall–Kier alpha value is -2.83. The highest BCUT2D eigenvalue weighted by Gasteiger charge is 2.41. The van der Waals surface area contributed by atoms with E-state index in [4.69, 9.17) is 4.74 Å². The Balaban J connectivity index is 2.14. The predicted octanol–water partition coefficient (Wildman–Crippen LogP) is 4.27. The standard InChI is InChI=1S/C18H15F4NO2/c1-25-15-4-2-3-12(11-15)5-10-16(24)23-17(18(20,21)22)13-6-8-14(19)9-7-13/h2-11,17H,1H3,(H,23,24)/b10-5+. The third-order valence-electron chi connectivity index (χ3n) is 3.34. The van der Waals surface area contributed by atoms with Crippen molar-refractivity contribution >= 4 is 12.0 Å². The summed E-state index contributed by atoms with van der Waals surface area (Å²) in [6.45, 7) is 0. The number of hydrogen-bond donors (Lipinski definition) is 1. The van der Waals surface area contributed by atoms with Crippen molar-refractivity contribution in [2.24, 2.45) is 0 Å². The van der Waals surface area contributed by atoms with E-state index in [9.17, 15) is 22.4 Å². The number of rotatable bonds is 5. The molecule has 2 aromatic carbocycles. The van der Waals surface area contributed by atoms with E-state index in [-0.39, 0.29) is 5.56 Å². The molecule has 0 radical (unpaired) electrons. The molecule has 0 saturated carbocycles. The summed E-state index contributed by atoms with van der Waals surface area (Å²) in [6, 6.07) is 8.26. The van der Waals surface area contributed by atoms with Gasteiger partial charge in [0.15, 0.2) is 6.04 Å². The van der Waals surface area contributed by atoms with Gasteiger partial charge in [-0.1, -0.05) is 24.3 Å². The summed E-state index contributed by atoms with van der Waals surface area (Å²) in [7, 11) is 1.48. The molecular formula is C18H15F4NO2. The van der Waals surface area contributed by atoms with E-state index in [0.29, 0.717) is 11.3 Å². The van der Waals surface area contributed by atoms with Crippen molar-refractivity contribution in [1.29, 1.82) is 0 Å². The van der Waals surface area contributed by atoms with Gasteiger partial charge in [-0.3, -0.25) is 4.79 Å². The fraction of sp³-hybridized carbons (Fsp3) is 0.167. The third kappa shape index (κ3) is 5.34. The van der Waals surface area contributed by atoms with Crippen molar-refractivity contribution < 1.29 is 27.1 Å². The molecule has 2 aromatic rings. The lowest BCUT2D eigenvalue weighted by Gasteiger charge is -2.21. The number of methoxy groups -OCH3 is 1. The maximum absolute atomic E-state index is 13.2. The van der Waals surface area contributed by atoms with Gasteiger partial charge >= 0.3 is 6.18 Å². The van der Waals surface area contributed by atoms with Crippen LogP contribution < -0.4 is 10.1 Å². The zero-order chi connectivity index (χ0) is 18.4. The molecule has 0 aliphatic rings. The Labute approximate surface area is 141 Å². The van der Waals surface area contributed by atoms with Gasteiger partial charge in [0.05, 0.1) is 7.11 Å². The predicted molar refractivity (Wildman–Crippen MR) is 85.4 cm³/mol. The molecule has 0 saturated heterocycles. The minimum absolute atomic E-state index is 0.253. The smallest absolute Gasteiger partial charge is 0.412 e. The minimum Gasteiger partial charge on any atom is -0.497 e. The fourth-order valence-electron chi connectivity index (χ4n) is 2.12. The van der Waals surface area contributed by atoms with Crippen LogP contribution in [0.1, 0.15) is 17.2 Å². The van der Waals surface area contributed by atoms with E-state index in [1.807, 2.05) is 5.32 Å². The van der Waals surface area contributed by atoms with Gasteiger partial charge in [0, 0.05) is 6.08 Å². The van der Waals surface area contributed by atoms with Gasteiger partial charge in [0.25, 0.3) is 0 Å². The van der Waals surface area contributed by atoms with Crippen molar-refractivity contribution in [2.45, 2.75) is 12.2 Å². The van der Waals surface area contributed by atoms with Gasteiger partial charge in [0.1, 0.15) is 11.6 Å². The number of carbonyl (C=O) groups is 1. The Kier molecular flexibility index (Phi) is 5.80. The van der Waals surface area contributed by atoms with E-state index in [1.54, 1.807) is 24.3 Å². The van der Waals surface area contributed by atoms with Gasteiger partial charge in [-0.25, -0.2) is 4.39 Å². The van der Waals surface area contributed by atoms with Crippen molar-refractivity contribution in [2.75, 3.05) is 7.11 Å². The second kappa shape index (κ2) is 7.83. The van der Waals surface area contributed by atoms with Crippen LogP contribution in [0.5, 0.6) is 5.75 Å². The maximum Gasteiger partial charge on any atom is 0.412 e. The summed E-state index contributed by atoms with van der Waals surface area (Å²) < 4.78 is 57.5. The Morgan fingerprint density at radius 2 is 1.84 bits per heavy atom. The highest BCUT2D eigenvalue weighted by molar-refractivity contribution is 5.92. The molecule has 1 unspecified atom stereocenters.